The topological polar surface area (TPSA) is 43.8 Å². The van der Waals surface area contributed by atoms with Crippen LogP contribution in [0, 0.1) is 0 Å². The molecule has 2 fully saturated rings. The number of likely N-dealkylation sites (tertiary alicyclic amines) is 1. The van der Waals surface area contributed by atoms with Crippen molar-refractivity contribution in [1.29, 1.82) is 0 Å². The Bertz CT molecular complexity index is 391. The maximum Gasteiger partial charge on any atom is 0.407 e. The third-order valence-electron chi connectivity index (χ3n) is 5.00. The van der Waals surface area contributed by atoms with E-state index in [0.29, 0.717) is 6.04 Å². The van der Waals surface area contributed by atoms with Crippen molar-refractivity contribution in [2.45, 2.75) is 81.3 Å². The fourth-order valence-corrected chi connectivity index (χ4v) is 4.33. The van der Waals surface area contributed by atoms with Gasteiger partial charge in [0.15, 0.2) is 0 Å². The molecule has 1 heterocycles. The molecule has 0 unspecified atom stereocenters. The maximum atomic E-state index is 11.6. The second kappa shape index (κ2) is 6.74. The SMILES string of the molecule is CC(C)(C)N(C(=O)O)C1CCN(C2CCC(Cl)(Cl)CC2)CC1. The lowest BCUT2D eigenvalue weighted by Crippen LogP contribution is -2.56. The van der Waals surface area contributed by atoms with E-state index in [1.165, 1.54) is 0 Å². The third kappa shape index (κ3) is 4.42. The first-order chi connectivity index (χ1) is 10.1. The van der Waals surface area contributed by atoms with Crippen molar-refractivity contribution in [2.24, 2.45) is 0 Å². The summed E-state index contributed by atoms with van der Waals surface area (Å²) in [6.07, 6.45) is 4.80. The summed E-state index contributed by atoms with van der Waals surface area (Å²) in [7, 11) is 0. The number of rotatable bonds is 2. The number of hydrogen-bond donors (Lipinski definition) is 1. The van der Waals surface area contributed by atoms with Crippen molar-refractivity contribution < 1.29 is 9.90 Å². The van der Waals surface area contributed by atoms with Crippen LogP contribution in [0.3, 0.4) is 0 Å². The normalized spacial score (nSPS) is 25.1. The van der Waals surface area contributed by atoms with Crippen LogP contribution >= 0.6 is 23.2 Å². The predicted octanol–water partition coefficient (Wildman–Crippen LogP) is 4.35. The number of carboxylic acid groups (broad SMARTS) is 1. The van der Waals surface area contributed by atoms with Crippen molar-refractivity contribution in [1.82, 2.24) is 9.80 Å². The minimum atomic E-state index is -0.808. The summed E-state index contributed by atoms with van der Waals surface area (Å²) in [5.74, 6) is 0. The molecule has 1 N–H and O–H groups in total. The smallest absolute Gasteiger partial charge is 0.407 e. The molecule has 22 heavy (non-hydrogen) atoms. The summed E-state index contributed by atoms with van der Waals surface area (Å²) in [6, 6.07) is 0.678. The Morgan fingerprint density at radius 2 is 1.64 bits per heavy atom. The molecular weight excluding hydrogens is 323 g/mol. The average Bonchev–Trinajstić information content (AvgIpc) is 2.38. The van der Waals surface area contributed by atoms with Crippen molar-refractivity contribution in [3.8, 4) is 0 Å². The summed E-state index contributed by atoms with van der Waals surface area (Å²) in [6.45, 7) is 7.83. The second-order valence-corrected chi connectivity index (χ2v) is 9.32. The van der Waals surface area contributed by atoms with E-state index in [0.717, 1.165) is 51.6 Å². The van der Waals surface area contributed by atoms with Gasteiger partial charge in [0, 0.05) is 30.7 Å². The zero-order valence-electron chi connectivity index (χ0n) is 13.8. The molecule has 6 heteroatoms. The fourth-order valence-electron chi connectivity index (χ4n) is 3.89. The van der Waals surface area contributed by atoms with E-state index in [9.17, 15) is 9.90 Å². The van der Waals surface area contributed by atoms with Crippen molar-refractivity contribution in [3.05, 3.63) is 0 Å². The minimum Gasteiger partial charge on any atom is -0.465 e. The average molecular weight is 351 g/mol. The summed E-state index contributed by atoms with van der Waals surface area (Å²) < 4.78 is -0.541. The van der Waals surface area contributed by atoms with Gasteiger partial charge < -0.3 is 14.9 Å². The van der Waals surface area contributed by atoms with Crippen LogP contribution in [-0.2, 0) is 0 Å². The molecule has 1 saturated heterocycles. The van der Waals surface area contributed by atoms with Crippen LogP contribution in [0.1, 0.15) is 59.3 Å². The zero-order chi connectivity index (χ0) is 16.5. The van der Waals surface area contributed by atoms with E-state index in [1.807, 2.05) is 20.8 Å². The molecule has 1 aliphatic heterocycles. The molecule has 0 aromatic carbocycles. The molecule has 0 aromatic heterocycles. The molecule has 2 aliphatic rings. The molecule has 2 rings (SSSR count). The number of carbonyl (C=O) groups is 1. The van der Waals surface area contributed by atoms with Gasteiger partial charge in [0.1, 0.15) is 4.33 Å². The van der Waals surface area contributed by atoms with Crippen LogP contribution in [-0.4, -0.2) is 56.0 Å². The van der Waals surface area contributed by atoms with Gasteiger partial charge in [-0.25, -0.2) is 4.79 Å². The van der Waals surface area contributed by atoms with Gasteiger partial charge in [0.25, 0.3) is 0 Å². The molecule has 0 bridgehead atoms. The van der Waals surface area contributed by atoms with Gasteiger partial charge in [-0.05, 0) is 59.3 Å². The Hall–Kier alpha value is -0.190. The highest BCUT2D eigenvalue weighted by Gasteiger charge is 2.38. The highest BCUT2D eigenvalue weighted by atomic mass is 35.5. The number of halogens is 2. The predicted molar refractivity (Wildman–Crippen MR) is 90.9 cm³/mol. The lowest BCUT2D eigenvalue weighted by Gasteiger charge is -2.46. The first kappa shape index (κ1) is 18.2. The van der Waals surface area contributed by atoms with E-state index in [4.69, 9.17) is 23.2 Å². The van der Waals surface area contributed by atoms with Gasteiger partial charge >= 0.3 is 6.09 Å². The number of piperidine rings is 1. The van der Waals surface area contributed by atoms with Crippen LogP contribution < -0.4 is 0 Å². The molecule has 1 amide bonds. The van der Waals surface area contributed by atoms with Crippen molar-refractivity contribution in [3.63, 3.8) is 0 Å². The van der Waals surface area contributed by atoms with Gasteiger partial charge in [-0.3, -0.25) is 0 Å². The molecule has 128 valence electrons. The molecule has 0 atom stereocenters. The van der Waals surface area contributed by atoms with E-state index in [2.05, 4.69) is 4.90 Å². The monoisotopic (exact) mass is 350 g/mol. The van der Waals surface area contributed by atoms with Crippen LogP contribution in [0.2, 0.25) is 0 Å². The Morgan fingerprint density at radius 1 is 1.14 bits per heavy atom. The van der Waals surface area contributed by atoms with Gasteiger partial charge in [0.2, 0.25) is 0 Å². The Balaban J connectivity index is 1.89. The van der Waals surface area contributed by atoms with Crippen LogP contribution in [0.15, 0.2) is 0 Å². The van der Waals surface area contributed by atoms with Crippen molar-refractivity contribution in [2.75, 3.05) is 13.1 Å². The van der Waals surface area contributed by atoms with Gasteiger partial charge in [-0.2, -0.15) is 0 Å². The Labute approximate surface area is 143 Å². The van der Waals surface area contributed by atoms with Gasteiger partial charge in [-0.1, -0.05) is 0 Å². The molecule has 0 radical (unpaired) electrons. The van der Waals surface area contributed by atoms with Crippen LogP contribution in [0.5, 0.6) is 0 Å². The van der Waals surface area contributed by atoms with Gasteiger partial charge in [-0.15, -0.1) is 23.2 Å². The van der Waals surface area contributed by atoms with E-state index < -0.39 is 10.4 Å². The molecule has 4 nitrogen and oxygen atoms in total. The highest BCUT2D eigenvalue weighted by molar-refractivity contribution is 6.48. The zero-order valence-corrected chi connectivity index (χ0v) is 15.3. The van der Waals surface area contributed by atoms with E-state index >= 15 is 0 Å². The summed E-state index contributed by atoms with van der Waals surface area (Å²) in [4.78, 5) is 15.7. The number of alkyl halides is 2. The Morgan fingerprint density at radius 3 is 2.05 bits per heavy atom. The summed E-state index contributed by atoms with van der Waals surface area (Å²) >= 11 is 12.4. The lowest BCUT2D eigenvalue weighted by atomic mass is 9.90. The number of hydrogen-bond acceptors (Lipinski definition) is 2. The highest BCUT2D eigenvalue weighted by Crippen LogP contribution is 2.40. The van der Waals surface area contributed by atoms with E-state index in [1.54, 1.807) is 4.90 Å². The first-order valence-corrected chi connectivity index (χ1v) is 9.00. The quantitative estimate of drug-likeness (QED) is 0.753. The maximum absolute atomic E-state index is 11.6. The third-order valence-corrected chi connectivity index (χ3v) is 5.75. The summed E-state index contributed by atoms with van der Waals surface area (Å²) in [5.41, 5.74) is -0.347. The largest absolute Gasteiger partial charge is 0.465 e. The van der Waals surface area contributed by atoms with Crippen LogP contribution in [0.4, 0.5) is 4.79 Å². The molecule has 1 aliphatic carbocycles. The standard InChI is InChI=1S/C16H28Cl2N2O2/c1-15(2,3)20(14(21)22)13-6-10-19(11-7-13)12-4-8-16(17,18)9-5-12/h12-13H,4-11H2,1-3H3,(H,21,22). The minimum absolute atomic E-state index is 0.123. The van der Waals surface area contributed by atoms with E-state index in [-0.39, 0.29) is 11.6 Å². The van der Waals surface area contributed by atoms with Gasteiger partial charge in [0.05, 0.1) is 0 Å². The molecule has 1 saturated carbocycles. The van der Waals surface area contributed by atoms with Crippen molar-refractivity contribution >= 4 is 29.3 Å². The van der Waals surface area contributed by atoms with Crippen LogP contribution in [0.25, 0.3) is 0 Å². The first-order valence-electron chi connectivity index (χ1n) is 8.24. The molecule has 0 aromatic rings. The summed E-state index contributed by atoms with van der Waals surface area (Å²) in [5, 5.41) is 9.52. The number of amides is 1. The number of nitrogens with zero attached hydrogens (tertiary/aromatic N) is 2. The fraction of sp³-hybridized carbons (Fsp3) is 0.938. The molecule has 0 spiro atoms. The Kier molecular flexibility index (Phi) is 5.56. The second-order valence-electron chi connectivity index (χ2n) is 7.68. The molecular formula is C16H28Cl2N2O2. The lowest BCUT2D eigenvalue weighted by molar-refractivity contribution is 0.0287.